The van der Waals surface area contributed by atoms with Crippen molar-refractivity contribution in [2.45, 2.75) is 38.6 Å². The van der Waals surface area contributed by atoms with E-state index < -0.39 is 0 Å². The van der Waals surface area contributed by atoms with E-state index in [1.54, 1.807) is 6.07 Å². The fourth-order valence-corrected chi connectivity index (χ4v) is 4.19. The Kier molecular flexibility index (Phi) is 3.41. The van der Waals surface area contributed by atoms with E-state index in [0.717, 1.165) is 23.4 Å². The van der Waals surface area contributed by atoms with Gasteiger partial charge in [-0.15, -0.1) is 0 Å². The lowest BCUT2D eigenvalue weighted by molar-refractivity contribution is 0.304. The second-order valence-electron chi connectivity index (χ2n) is 6.08. The second-order valence-corrected chi connectivity index (χ2v) is 6.49. The van der Waals surface area contributed by atoms with Crippen molar-refractivity contribution in [2.75, 3.05) is 5.32 Å². The minimum absolute atomic E-state index is 0.485. The monoisotopic (exact) mass is 274 g/mol. The highest BCUT2D eigenvalue weighted by molar-refractivity contribution is 6.32. The number of nitrogens with zero attached hydrogens (tertiary/aromatic N) is 1. The molecule has 0 amide bonds. The van der Waals surface area contributed by atoms with E-state index in [2.05, 4.69) is 18.3 Å². The predicted octanol–water partition coefficient (Wildman–Crippen LogP) is 4.45. The standard InChI is InChI=1S/C16H19ClN2/c1-10(15-7-11-2-3-12(15)6-11)19-14-5-4-13(9-18)16(17)8-14/h4-5,8,10-12,15,19H,2-3,6-7H2,1H3. The first-order chi connectivity index (χ1) is 9.17. The molecule has 0 radical (unpaired) electrons. The molecular weight excluding hydrogens is 256 g/mol. The van der Waals surface area contributed by atoms with Gasteiger partial charge in [0.15, 0.2) is 0 Å². The average Bonchev–Trinajstić information content (AvgIpc) is 3.01. The van der Waals surface area contributed by atoms with Crippen molar-refractivity contribution in [1.29, 1.82) is 5.26 Å². The predicted molar refractivity (Wildman–Crippen MR) is 78.2 cm³/mol. The molecule has 3 heteroatoms. The van der Waals surface area contributed by atoms with Crippen LogP contribution in [-0.2, 0) is 0 Å². The molecule has 0 spiro atoms. The van der Waals surface area contributed by atoms with Crippen molar-refractivity contribution in [1.82, 2.24) is 0 Å². The van der Waals surface area contributed by atoms with Crippen molar-refractivity contribution < 1.29 is 0 Å². The molecule has 0 aromatic heterocycles. The molecule has 2 aliphatic carbocycles. The number of nitrogens with one attached hydrogen (secondary N) is 1. The van der Waals surface area contributed by atoms with Crippen LogP contribution < -0.4 is 5.32 Å². The number of hydrogen-bond donors (Lipinski definition) is 1. The number of anilines is 1. The Balaban J connectivity index is 1.68. The molecule has 4 atom stereocenters. The van der Waals surface area contributed by atoms with Gasteiger partial charge in [-0.05, 0) is 62.1 Å². The summed E-state index contributed by atoms with van der Waals surface area (Å²) in [6, 6.07) is 8.19. The summed E-state index contributed by atoms with van der Waals surface area (Å²) in [5.41, 5.74) is 1.57. The molecule has 4 unspecified atom stereocenters. The normalized spacial score (nSPS) is 30.1. The maximum atomic E-state index is 8.88. The Morgan fingerprint density at radius 3 is 2.79 bits per heavy atom. The number of nitriles is 1. The summed E-state index contributed by atoms with van der Waals surface area (Å²) in [6.07, 6.45) is 5.67. The zero-order chi connectivity index (χ0) is 13.4. The quantitative estimate of drug-likeness (QED) is 0.884. The maximum absolute atomic E-state index is 8.88. The van der Waals surface area contributed by atoms with Crippen LogP contribution in [0.2, 0.25) is 5.02 Å². The van der Waals surface area contributed by atoms with Gasteiger partial charge in [0.1, 0.15) is 6.07 Å². The van der Waals surface area contributed by atoms with Crippen LogP contribution in [0, 0.1) is 29.1 Å². The summed E-state index contributed by atoms with van der Waals surface area (Å²) >= 11 is 6.07. The lowest BCUT2D eigenvalue weighted by Gasteiger charge is -2.29. The molecular formula is C16H19ClN2. The summed E-state index contributed by atoms with van der Waals surface area (Å²) in [5, 5.41) is 13.0. The van der Waals surface area contributed by atoms with Crippen molar-refractivity contribution in [2.24, 2.45) is 17.8 Å². The fraction of sp³-hybridized carbons (Fsp3) is 0.562. The molecule has 2 fully saturated rings. The highest BCUT2D eigenvalue weighted by Gasteiger charge is 2.41. The van der Waals surface area contributed by atoms with E-state index >= 15 is 0 Å². The van der Waals surface area contributed by atoms with Gasteiger partial charge in [-0.2, -0.15) is 5.26 Å². The molecule has 3 rings (SSSR count). The van der Waals surface area contributed by atoms with Crippen molar-refractivity contribution in [3.8, 4) is 6.07 Å². The molecule has 1 N–H and O–H groups in total. The topological polar surface area (TPSA) is 35.8 Å². The summed E-state index contributed by atoms with van der Waals surface area (Å²) in [5.74, 6) is 2.69. The Hall–Kier alpha value is -1.20. The lowest BCUT2D eigenvalue weighted by atomic mass is 9.84. The molecule has 2 aliphatic rings. The molecule has 0 heterocycles. The van der Waals surface area contributed by atoms with Gasteiger partial charge in [-0.1, -0.05) is 18.0 Å². The fourth-order valence-electron chi connectivity index (χ4n) is 3.97. The average molecular weight is 275 g/mol. The largest absolute Gasteiger partial charge is 0.382 e. The summed E-state index contributed by atoms with van der Waals surface area (Å²) < 4.78 is 0. The third kappa shape index (κ3) is 2.44. The van der Waals surface area contributed by atoms with Crippen molar-refractivity contribution in [3.63, 3.8) is 0 Å². The van der Waals surface area contributed by atoms with Gasteiger partial charge in [-0.25, -0.2) is 0 Å². The van der Waals surface area contributed by atoms with E-state index in [9.17, 15) is 0 Å². The molecule has 100 valence electrons. The van der Waals surface area contributed by atoms with Gasteiger partial charge in [-0.3, -0.25) is 0 Å². The van der Waals surface area contributed by atoms with E-state index in [-0.39, 0.29) is 0 Å². The molecule has 2 saturated carbocycles. The lowest BCUT2D eigenvalue weighted by Crippen LogP contribution is -2.29. The van der Waals surface area contributed by atoms with Crippen molar-refractivity contribution in [3.05, 3.63) is 28.8 Å². The molecule has 2 bridgehead atoms. The first-order valence-electron chi connectivity index (χ1n) is 7.13. The van der Waals surface area contributed by atoms with Crippen LogP contribution in [0.5, 0.6) is 0 Å². The van der Waals surface area contributed by atoms with E-state index in [1.807, 2.05) is 12.1 Å². The molecule has 0 aliphatic heterocycles. The first-order valence-corrected chi connectivity index (χ1v) is 7.51. The van der Waals surface area contributed by atoms with Gasteiger partial charge >= 0.3 is 0 Å². The first kappa shape index (κ1) is 12.8. The minimum atomic E-state index is 0.485. The second kappa shape index (κ2) is 5.06. The Morgan fingerprint density at radius 2 is 2.21 bits per heavy atom. The third-order valence-electron chi connectivity index (χ3n) is 4.92. The Bertz CT molecular complexity index is 520. The van der Waals surface area contributed by atoms with E-state index in [1.165, 1.54) is 25.7 Å². The van der Waals surface area contributed by atoms with Crippen LogP contribution >= 0.6 is 11.6 Å². The zero-order valence-electron chi connectivity index (χ0n) is 11.2. The minimum Gasteiger partial charge on any atom is -0.382 e. The van der Waals surface area contributed by atoms with Crippen LogP contribution in [0.25, 0.3) is 0 Å². The SMILES string of the molecule is CC(Nc1ccc(C#N)c(Cl)c1)C1CC2CCC1C2. The molecule has 19 heavy (non-hydrogen) atoms. The van der Waals surface area contributed by atoms with Crippen LogP contribution in [0.4, 0.5) is 5.69 Å². The Labute approximate surface area is 119 Å². The highest BCUT2D eigenvalue weighted by Crippen LogP contribution is 2.49. The van der Waals surface area contributed by atoms with E-state index in [4.69, 9.17) is 16.9 Å². The van der Waals surface area contributed by atoms with Crippen LogP contribution in [0.15, 0.2) is 18.2 Å². The van der Waals surface area contributed by atoms with Gasteiger partial charge in [0.05, 0.1) is 10.6 Å². The smallest absolute Gasteiger partial charge is 0.101 e. The van der Waals surface area contributed by atoms with Crippen LogP contribution in [-0.4, -0.2) is 6.04 Å². The highest BCUT2D eigenvalue weighted by atomic mass is 35.5. The van der Waals surface area contributed by atoms with Gasteiger partial charge < -0.3 is 5.32 Å². The number of halogens is 1. The molecule has 1 aromatic rings. The van der Waals surface area contributed by atoms with Crippen LogP contribution in [0.1, 0.15) is 38.2 Å². The zero-order valence-corrected chi connectivity index (χ0v) is 12.0. The molecule has 1 aromatic carbocycles. The summed E-state index contributed by atoms with van der Waals surface area (Å²) in [6.45, 7) is 2.28. The van der Waals surface area contributed by atoms with Gasteiger partial charge in [0, 0.05) is 11.7 Å². The number of fused-ring (bicyclic) bond motifs is 2. The number of rotatable bonds is 3. The molecule has 0 saturated heterocycles. The summed E-state index contributed by atoms with van der Waals surface area (Å²) in [4.78, 5) is 0. The Morgan fingerprint density at radius 1 is 1.37 bits per heavy atom. The van der Waals surface area contributed by atoms with Crippen LogP contribution in [0.3, 0.4) is 0 Å². The third-order valence-corrected chi connectivity index (χ3v) is 5.23. The maximum Gasteiger partial charge on any atom is 0.101 e. The van der Waals surface area contributed by atoms with E-state index in [0.29, 0.717) is 16.6 Å². The number of benzene rings is 1. The van der Waals surface area contributed by atoms with Gasteiger partial charge in [0.2, 0.25) is 0 Å². The van der Waals surface area contributed by atoms with Gasteiger partial charge in [0.25, 0.3) is 0 Å². The number of hydrogen-bond acceptors (Lipinski definition) is 2. The molecule has 2 nitrogen and oxygen atoms in total. The van der Waals surface area contributed by atoms with Crippen molar-refractivity contribution >= 4 is 17.3 Å². The summed E-state index contributed by atoms with van der Waals surface area (Å²) in [7, 11) is 0.